The van der Waals surface area contributed by atoms with Crippen molar-refractivity contribution in [3.8, 4) is 0 Å². The first-order valence-electron chi connectivity index (χ1n) is 6.20. The molecule has 1 aromatic rings. The van der Waals surface area contributed by atoms with E-state index < -0.39 is 0 Å². The average Bonchev–Trinajstić information content (AvgIpc) is 2.15. The fourth-order valence-corrected chi connectivity index (χ4v) is 2.75. The van der Waals surface area contributed by atoms with E-state index in [1.165, 1.54) is 24.1 Å². The summed E-state index contributed by atoms with van der Waals surface area (Å²) in [5.41, 5.74) is 9.33. The first-order chi connectivity index (χ1) is 7.56. The van der Waals surface area contributed by atoms with Crippen LogP contribution < -0.4 is 10.6 Å². The number of rotatable bonds is 1. The van der Waals surface area contributed by atoms with Gasteiger partial charge in [-0.2, -0.15) is 0 Å². The van der Waals surface area contributed by atoms with Crippen LogP contribution >= 0.6 is 0 Å². The summed E-state index contributed by atoms with van der Waals surface area (Å²) in [5, 5.41) is 0. The first-order valence-corrected chi connectivity index (χ1v) is 6.20. The molecule has 16 heavy (non-hydrogen) atoms. The lowest BCUT2D eigenvalue weighted by atomic mass is 9.93. The summed E-state index contributed by atoms with van der Waals surface area (Å²) in [7, 11) is 0. The van der Waals surface area contributed by atoms with Crippen molar-refractivity contribution < 1.29 is 0 Å². The zero-order chi connectivity index (χ0) is 11.7. The predicted molar refractivity (Wildman–Crippen MR) is 70.8 cm³/mol. The van der Waals surface area contributed by atoms with E-state index in [2.05, 4.69) is 37.8 Å². The van der Waals surface area contributed by atoms with Gasteiger partial charge in [0.25, 0.3) is 0 Å². The number of hydrogen-bond acceptors (Lipinski definition) is 2. The minimum Gasteiger partial charge on any atom is -0.399 e. The number of anilines is 2. The lowest BCUT2D eigenvalue weighted by molar-refractivity contribution is 0.378. The van der Waals surface area contributed by atoms with Crippen molar-refractivity contribution in [1.29, 1.82) is 0 Å². The monoisotopic (exact) mass is 218 g/mol. The topological polar surface area (TPSA) is 29.3 Å². The third kappa shape index (κ3) is 2.31. The molecule has 1 aromatic carbocycles. The molecule has 0 bridgehead atoms. The quantitative estimate of drug-likeness (QED) is 0.733. The molecule has 0 aliphatic carbocycles. The van der Waals surface area contributed by atoms with Crippen molar-refractivity contribution in [2.75, 3.05) is 17.2 Å². The van der Waals surface area contributed by atoms with Gasteiger partial charge in [-0.3, -0.25) is 0 Å². The summed E-state index contributed by atoms with van der Waals surface area (Å²) < 4.78 is 0. The smallest absolute Gasteiger partial charge is 0.0391 e. The third-order valence-electron chi connectivity index (χ3n) is 3.55. The van der Waals surface area contributed by atoms with Crippen LogP contribution in [-0.4, -0.2) is 12.6 Å². The van der Waals surface area contributed by atoms with Gasteiger partial charge >= 0.3 is 0 Å². The second-order valence-corrected chi connectivity index (χ2v) is 5.27. The Hall–Kier alpha value is -1.18. The maximum atomic E-state index is 5.91. The third-order valence-corrected chi connectivity index (χ3v) is 3.55. The second-order valence-electron chi connectivity index (χ2n) is 5.27. The maximum Gasteiger partial charge on any atom is 0.0391 e. The van der Waals surface area contributed by atoms with Crippen LogP contribution in [0.2, 0.25) is 0 Å². The lowest BCUT2D eigenvalue weighted by Gasteiger charge is -2.38. The molecule has 0 amide bonds. The van der Waals surface area contributed by atoms with Crippen LogP contribution in [0.3, 0.4) is 0 Å². The van der Waals surface area contributed by atoms with E-state index in [1.54, 1.807) is 0 Å². The molecule has 1 saturated heterocycles. The summed E-state index contributed by atoms with van der Waals surface area (Å²) >= 11 is 0. The summed E-state index contributed by atoms with van der Waals surface area (Å²) in [4.78, 5) is 2.49. The highest BCUT2D eigenvalue weighted by Gasteiger charge is 2.23. The summed E-state index contributed by atoms with van der Waals surface area (Å²) in [6.45, 7) is 7.93. The van der Waals surface area contributed by atoms with Crippen LogP contribution in [0.4, 0.5) is 11.4 Å². The summed E-state index contributed by atoms with van der Waals surface area (Å²) in [6, 6.07) is 6.99. The fraction of sp³-hybridized carbons (Fsp3) is 0.571. The summed E-state index contributed by atoms with van der Waals surface area (Å²) in [5.74, 6) is 0.855. The zero-order valence-electron chi connectivity index (χ0n) is 10.5. The van der Waals surface area contributed by atoms with Gasteiger partial charge in [0.2, 0.25) is 0 Å². The van der Waals surface area contributed by atoms with Crippen molar-refractivity contribution in [2.45, 2.75) is 39.7 Å². The molecule has 2 heteroatoms. The van der Waals surface area contributed by atoms with Gasteiger partial charge in [-0.25, -0.2) is 0 Å². The molecule has 0 radical (unpaired) electrons. The highest BCUT2D eigenvalue weighted by Crippen LogP contribution is 2.29. The van der Waals surface area contributed by atoms with Crippen molar-refractivity contribution in [3.63, 3.8) is 0 Å². The molecule has 1 fully saturated rings. The standard InChI is InChI=1S/C14H22N2/c1-10-4-5-16(12(3)6-10)14-8-11(2)7-13(15)9-14/h7-10,12H,4-6,15H2,1-3H3. The van der Waals surface area contributed by atoms with Gasteiger partial charge in [0.05, 0.1) is 0 Å². The van der Waals surface area contributed by atoms with Crippen LogP contribution in [-0.2, 0) is 0 Å². The lowest BCUT2D eigenvalue weighted by Crippen LogP contribution is -2.40. The molecule has 2 nitrogen and oxygen atoms in total. The highest BCUT2D eigenvalue weighted by atomic mass is 15.2. The second kappa shape index (κ2) is 4.36. The van der Waals surface area contributed by atoms with Gasteiger partial charge in [0.1, 0.15) is 0 Å². The van der Waals surface area contributed by atoms with Crippen molar-refractivity contribution in [1.82, 2.24) is 0 Å². The molecule has 0 aromatic heterocycles. The van der Waals surface area contributed by atoms with Crippen LogP contribution in [0.1, 0.15) is 32.3 Å². The van der Waals surface area contributed by atoms with Crippen molar-refractivity contribution in [2.24, 2.45) is 5.92 Å². The Bertz CT molecular complexity index is 353. The molecule has 88 valence electrons. The average molecular weight is 218 g/mol. The normalized spacial score (nSPS) is 25.8. The Balaban J connectivity index is 2.23. The Labute approximate surface area is 98.4 Å². The molecular formula is C14H22N2. The van der Waals surface area contributed by atoms with Crippen molar-refractivity contribution in [3.05, 3.63) is 23.8 Å². The minimum absolute atomic E-state index is 0.630. The van der Waals surface area contributed by atoms with E-state index in [-0.39, 0.29) is 0 Å². The van der Waals surface area contributed by atoms with Crippen LogP contribution in [0, 0.1) is 12.8 Å². The number of nitrogens with zero attached hydrogens (tertiary/aromatic N) is 1. The molecule has 2 atom stereocenters. The zero-order valence-corrected chi connectivity index (χ0v) is 10.5. The van der Waals surface area contributed by atoms with Gasteiger partial charge in [-0.05, 0) is 56.4 Å². The fourth-order valence-electron chi connectivity index (χ4n) is 2.75. The van der Waals surface area contributed by atoms with Gasteiger partial charge in [0, 0.05) is 24.0 Å². The Kier molecular flexibility index (Phi) is 3.08. The molecule has 2 N–H and O–H groups in total. The maximum absolute atomic E-state index is 5.91. The molecule has 2 unspecified atom stereocenters. The van der Waals surface area contributed by atoms with Crippen LogP contribution in [0.15, 0.2) is 18.2 Å². The SMILES string of the molecule is Cc1cc(N)cc(N2CCC(C)CC2C)c1. The van der Waals surface area contributed by atoms with Gasteiger partial charge in [-0.1, -0.05) is 6.92 Å². The van der Waals surface area contributed by atoms with Crippen molar-refractivity contribution >= 4 is 11.4 Å². The Morgan fingerprint density at radius 3 is 2.62 bits per heavy atom. The predicted octanol–water partition coefficient (Wildman–Crippen LogP) is 3.20. The van der Waals surface area contributed by atoms with E-state index in [4.69, 9.17) is 5.73 Å². The number of nitrogens with two attached hydrogens (primary N) is 1. The van der Waals surface area contributed by atoms with Gasteiger partial charge in [0.15, 0.2) is 0 Å². The van der Waals surface area contributed by atoms with Crippen LogP contribution in [0.5, 0.6) is 0 Å². The van der Waals surface area contributed by atoms with E-state index in [1.807, 2.05) is 6.07 Å². The number of hydrogen-bond donors (Lipinski definition) is 1. The molecule has 0 saturated carbocycles. The van der Waals surface area contributed by atoms with E-state index in [0.717, 1.165) is 18.2 Å². The van der Waals surface area contributed by atoms with E-state index in [9.17, 15) is 0 Å². The largest absolute Gasteiger partial charge is 0.399 e. The number of piperidine rings is 1. The molecule has 0 spiro atoms. The molecule has 1 heterocycles. The molecule has 2 rings (SSSR count). The number of nitrogen functional groups attached to an aromatic ring is 1. The van der Waals surface area contributed by atoms with E-state index in [0.29, 0.717) is 6.04 Å². The van der Waals surface area contributed by atoms with Gasteiger partial charge < -0.3 is 10.6 Å². The van der Waals surface area contributed by atoms with Gasteiger partial charge in [-0.15, -0.1) is 0 Å². The molecule has 1 aliphatic heterocycles. The Morgan fingerprint density at radius 2 is 2.00 bits per heavy atom. The van der Waals surface area contributed by atoms with E-state index >= 15 is 0 Å². The number of benzene rings is 1. The number of aryl methyl sites for hydroxylation is 1. The summed E-state index contributed by atoms with van der Waals surface area (Å²) in [6.07, 6.45) is 2.58. The Morgan fingerprint density at radius 1 is 1.25 bits per heavy atom. The van der Waals surface area contributed by atoms with Crippen LogP contribution in [0.25, 0.3) is 0 Å². The molecule has 1 aliphatic rings. The highest BCUT2D eigenvalue weighted by molar-refractivity contribution is 5.59. The minimum atomic E-state index is 0.630. The first kappa shape index (κ1) is 11.3. The molecular weight excluding hydrogens is 196 g/mol.